The predicted molar refractivity (Wildman–Crippen MR) is 64.8 cm³/mol. The Hall–Kier alpha value is -0.570. The molecule has 1 fully saturated rings. The summed E-state index contributed by atoms with van der Waals surface area (Å²) in [4.78, 5) is 0. The van der Waals surface area contributed by atoms with E-state index < -0.39 is 0 Å². The molecular formula is C13H17ClO2. The SMILES string of the molecule is Cc1cccc(Cl)c1COC1COC(C)C1. The standard InChI is InChI=1S/C13H17ClO2/c1-9-4-3-5-13(14)12(9)8-16-11-6-10(2)15-7-11/h3-5,10-11H,6-8H2,1-2H3. The molecule has 0 radical (unpaired) electrons. The van der Waals surface area contributed by atoms with Crippen molar-refractivity contribution in [1.29, 1.82) is 0 Å². The van der Waals surface area contributed by atoms with Gasteiger partial charge in [-0.05, 0) is 31.0 Å². The van der Waals surface area contributed by atoms with Crippen molar-refractivity contribution >= 4 is 11.6 Å². The number of hydrogen-bond donors (Lipinski definition) is 0. The van der Waals surface area contributed by atoms with Gasteiger partial charge in [0.15, 0.2) is 0 Å². The fourth-order valence-electron chi connectivity index (χ4n) is 1.94. The quantitative estimate of drug-likeness (QED) is 0.807. The number of rotatable bonds is 3. The van der Waals surface area contributed by atoms with Gasteiger partial charge in [0.25, 0.3) is 0 Å². The zero-order chi connectivity index (χ0) is 11.5. The molecule has 1 aromatic rings. The first-order valence-corrected chi connectivity index (χ1v) is 6.02. The molecule has 1 saturated heterocycles. The van der Waals surface area contributed by atoms with Gasteiger partial charge in [-0.25, -0.2) is 0 Å². The van der Waals surface area contributed by atoms with Crippen molar-refractivity contribution in [3.63, 3.8) is 0 Å². The van der Waals surface area contributed by atoms with Gasteiger partial charge in [0, 0.05) is 11.4 Å². The van der Waals surface area contributed by atoms with E-state index in [1.54, 1.807) is 0 Å². The molecule has 1 aliphatic heterocycles. The van der Waals surface area contributed by atoms with Crippen molar-refractivity contribution in [3.8, 4) is 0 Å². The van der Waals surface area contributed by atoms with Crippen LogP contribution in [0.4, 0.5) is 0 Å². The highest BCUT2D eigenvalue weighted by molar-refractivity contribution is 6.31. The lowest BCUT2D eigenvalue weighted by Crippen LogP contribution is -2.13. The zero-order valence-corrected chi connectivity index (χ0v) is 10.5. The van der Waals surface area contributed by atoms with Gasteiger partial charge in [-0.15, -0.1) is 0 Å². The molecule has 0 aliphatic carbocycles. The first kappa shape index (κ1) is 11.9. The summed E-state index contributed by atoms with van der Waals surface area (Å²) in [5.41, 5.74) is 2.27. The maximum Gasteiger partial charge on any atom is 0.0837 e. The minimum absolute atomic E-state index is 0.214. The predicted octanol–water partition coefficient (Wildman–Crippen LogP) is 3.34. The van der Waals surface area contributed by atoms with Gasteiger partial charge in [0.2, 0.25) is 0 Å². The summed E-state index contributed by atoms with van der Waals surface area (Å²) in [6.07, 6.45) is 1.51. The zero-order valence-electron chi connectivity index (χ0n) is 9.70. The highest BCUT2D eigenvalue weighted by Gasteiger charge is 2.22. The topological polar surface area (TPSA) is 18.5 Å². The molecule has 16 heavy (non-hydrogen) atoms. The Balaban J connectivity index is 1.94. The van der Waals surface area contributed by atoms with Crippen molar-refractivity contribution in [3.05, 3.63) is 34.3 Å². The molecule has 3 heteroatoms. The number of hydrogen-bond acceptors (Lipinski definition) is 2. The van der Waals surface area contributed by atoms with Crippen molar-refractivity contribution in [2.75, 3.05) is 6.61 Å². The third kappa shape index (κ3) is 2.76. The van der Waals surface area contributed by atoms with E-state index in [2.05, 4.69) is 19.9 Å². The fourth-order valence-corrected chi connectivity index (χ4v) is 2.22. The van der Waals surface area contributed by atoms with Crippen LogP contribution >= 0.6 is 11.6 Å². The maximum atomic E-state index is 6.13. The summed E-state index contributed by atoms with van der Waals surface area (Å²) in [7, 11) is 0. The summed E-state index contributed by atoms with van der Waals surface area (Å²) in [6.45, 7) is 5.40. The molecule has 0 N–H and O–H groups in total. The Labute approximate surface area is 102 Å². The number of benzene rings is 1. The lowest BCUT2D eigenvalue weighted by Gasteiger charge is -2.12. The number of aryl methyl sites for hydroxylation is 1. The molecule has 1 heterocycles. The van der Waals surface area contributed by atoms with Crippen LogP contribution < -0.4 is 0 Å². The van der Waals surface area contributed by atoms with E-state index in [1.165, 1.54) is 5.56 Å². The van der Waals surface area contributed by atoms with Crippen LogP contribution in [0.3, 0.4) is 0 Å². The molecule has 2 atom stereocenters. The maximum absolute atomic E-state index is 6.13. The van der Waals surface area contributed by atoms with Crippen LogP contribution in [0.5, 0.6) is 0 Å². The second kappa shape index (κ2) is 5.17. The Bertz CT molecular complexity index is 345. The van der Waals surface area contributed by atoms with Gasteiger partial charge in [-0.3, -0.25) is 0 Å². The molecule has 2 nitrogen and oxygen atoms in total. The Morgan fingerprint density at radius 3 is 2.94 bits per heavy atom. The number of ether oxygens (including phenoxy) is 2. The summed E-state index contributed by atoms with van der Waals surface area (Å²) in [6, 6.07) is 5.92. The molecule has 1 aliphatic rings. The molecule has 0 saturated carbocycles. The van der Waals surface area contributed by atoms with E-state index in [4.69, 9.17) is 21.1 Å². The largest absolute Gasteiger partial charge is 0.376 e. The van der Waals surface area contributed by atoms with Crippen molar-refractivity contribution in [2.45, 2.75) is 39.1 Å². The van der Waals surface area contributed by atoms with Crippen molar-refractivity contribution < 1.29 is 9.47 Å². The Morgan fingerprint density at radius 2 is 2.31 bits per heavy atom. The Morgan fingerprint density at radius 1 is 1.50 bits per heavy atom. The minimum atomic E-state index is 0.214. The van der Waals surface area contributed by atoms with Crippen LogP contribution in [-0.2, 0) is 16.1 Å². The van der Waals surface area contributed by atoms with Crippen molar-refractivity contribution in [1.82, 2.24) is 0 Å². The normalized spacial score (nSPS) is 24.9. The molecule has 0 bridgehead atoms. The van der Waals surface area contributed by atoms with E-state index in [0.717, 1.165) is 17.0 Å². The van der Waals surface area contributed by atoms with E-state index in [0.29, 0.717) is 19.3 Å². The van der Waals surface area contributed by atoms with Crippen LogP contribution in [0.15, 0.2) is 18.2 Å². The minimum Gasteiger partial charge on any atom is -0.376 e. The van der Waals surface area contributed by atoms with E-state index >= 15 is 0 Å². The molecule has 1 aromatic carbocycles. The summed E-state index contributed by atoms with van der Waals surface area (Å²) < 4.78 is 11.3. The number of halogens is 1. The average Bonchev–Trinajstić information content (AvgIpc) is 2.63. The summed E-state index contributed by atoms with van der Waals surface area (Å²) in [5, 5.41) is 0.784. The third-order valence-electron chi connectivity index (χ3n) is 2.98. The summed E-state index contributed by atoms with van der Waals surface area (Å²) in [5.74, 6) is 0. The fraction of sp³-hybridized carbons (Fsp3) is 0.538. The van der Waals surface area contributed by atoms with E-state index in [1.807, 2.05) is 12.1 Å². The van der Waals surface area contributed by atoms with Gasteiger partial charge < -0.3 is 9.47 Å². The van der Waals surface area contributed by atoms with Crippen LogP contribution in [0, 0.1) is 6.92 Å². The molecule has 2 rings (SSSR count). The second-order valence-corrected chi connectivity index (χ2v) is 4.76. The molecule has 0 amide bonds. The molecule has 2 unspecified atom stereocenters. The van der Waals surface area contributed by atoms with E-state index in [-0.39, 0.29) is 6.10 Å². The van der Waals surface area contributed by atoms with Gasteiger partial charge in [0.1, 0.15) is 0 Å². The summed E-state index contributed by atoms with van der Waals surface area (Å²) >= 11 is 6.13. The first-order chi connectivity index (χ1) is 7.66. The third-order valence-corrected chi connectivity index (χ3v) is 3.33. The first-order valence-electron chi connectivity index (χ1n) is 5.64. The average molecular weight is 241 g/mol. The van der Waals surface area contributed by atoms with Gasteiger partial charge in [0.05, 0.1) is 25.4 Å². The second-order valence-electron chi connectivity index (χ2n) is 4.35. The monoisotopic (exact) mass is 240 g/mol. The molecule has 0 spiro atoms. The van der Waals surface area contributed by atoms with Gasteiger partial charge >= 0.3 is 0 Å². The highest BCUT2D eigenvalue weighted by atomic mass is 35.5. The van der Waals surface area contributed by atoms with Gasteiger partial charge in [-0.1, -0.05) is 23.7 Å². The van der Waals surface area contributed by atoms with Gasteiger partial charge in [-0.2, -0.15) is 0 Å². The lowest BCUT2D eigenvalue weighted by molar-refractivity contribution is 0.0284. The highest BCUT2D eigenvalue weighted by Crippen LogP contribution is 2.23. The Kier molecular flexibility index (Phi) is 3.85. The van der Waals surface area contributed by atoms with E-state index in [9.17, 15) is 0 Å². The smallest absolute Gasteiger partial charge is 0.0837 e. The molecule has 0 aromatic heterocycles. The van der Waals surface area contributed by atoms with Crippen LogP contribution in [-0.4, -0.2) is 18.8 Å². The van der Waals surface area contributed by atoms with Crippen LogP contribution in [0.1, 0.15) is 24.5 Å². The molecule has 88 valence electrons. The van der Waals surface area contributed by atoms with Crippen LogP contribution in [0.25, 0.3) is 0 Å². The van der Waals surface area contributed by atoms with Crippen LogP contribution in [0.2, 0.25) is 5.02 Å². The lowest BCUT2D eigenvalue weighted by atomic mass is 10.1. The molecular weight excluding hydrogens is 224 g/mol. The van der Waals surface area contributed by atoms with Crippen molar-refractivity contribution in [2.24, 2.45) is 0 Å².